The number of hydrogen-bond acceptors (Lipinski definition) is 6. The maximum Gasteiger partial charge on any atom is 0.269 e. The largest absolute Gasteiger partial charge is 0.457 e. The number of benzene rings is 2. The Morgan fingerprint density at radius 2 is 1.68 bits per heavy atom. The van der Waals surface area contributed by atoms with Crippen molar-refractivity contribution >= 4 is 17.5 Å². The highest BCUT2D eigenvalue weighted by molar-refractivity contribution is 5.98. The van der Waals surface area contributed by atoms with Crippen molar-refractivity contribution in [2.45, 2.75) is 12.5 Å². The van der Waals surface area contributed by atoms with Crippen molar-refractivity contribution in [3.05, 3.63) is 78.6 Å². The molecule has 2 amide bonds. The van der Waals surface area contributed by atoms with Crippen molar-refractivity contribution in [1.29, 1.82) is 0 Å². The molecule has 9 heteroatoms. The van der Waals surface area contributed by atoms with Crippen LogP contribution in [0.4, 0.5) is 5.69 Å². The van der Waals surface area contributed by atoms with E-state index >= 15 is 0 Å². The molecule has 4 heterocycles. The molecule has 1 unspecified atom stereocenters. The Bertz CT molecular complexity index is 1320. The van der Waals surface area contributed by atoms with Gasteiger partial charge in [0.15, 0.2) is 5.69 Å². The highest BCUT2D eigenvalue weighted by atomic mass is 16.5. The molecule has 6 rings (SSSR count). The second-order valence-corrected chi connectivity index (χ2v) is 9.95. The van der Waals surface area contributed by atoms with Crippen LogP contribution < -0.4 is 15.8 Å². The molecule has 37 heavy (non-hydrogen) atoms. The quantitative estimate of drug-likeness (QED) is 0.506. The van der Waals surface area contributed by atoms with Gasteiger partial charge in [0.2, 0.25) is 5.91 Å². The number of amides is 2. The molecule has 0 radical (unpaired) electrons. The van der Waals surface area contributed by atoms with Gasteiger partial charge in [-0.1, -0.05) is 24.8 Å². The molecule has 9 nitrogen and oxygen atoms in total. The number of para-hydroxylation sites is 1. The molecule has 3 atom stereocenters. The van der Waals surface area contributed by atoms with Crippen molar-refractivity contribution in [3.8, 4) is 17.2 Å². The number of ether oxygens (including phenoxy) is 1. The fourth-order valence-electron chi connectivity index (χ4n) is 5.96. The summed E-state index contributed by atoms with van der Waals surface area (Å²) in [4.78, 5) is 29.0. The van der Waals surface area contributed by atoms with Crippen molar-refractivity contribution in [2.75, 3.05) is 38.0 Å². The van der Waals surface area contributed by atoms with E-state index in [1.807, 2.05) is 59.5 Å². The first-order valence-corrected chi connectivity index (χ1v) is 12.7. The fraction of sp³-hybridized carbons (Fsp3) is 0.321. The van der Waals surface area contributed by atoms with Gasteiger partial charge in [-0.25, -0.2) is 4.68 Å². The summed E-state index contributed by atoms with van der Waals surface area (Å²) in [5.41, 5.74) is 8.52. The molecule has 3 N–H and O–H groups in total. The minimum absolute atomic E-state index is 0.00938. The van der Waals surface area contributed by atoms with Crippen LogP contribution >= 0.6 is 0 Å². The van der Waals surface area contributed by atoms with Crippen LogP contribution in [0.2, 0.25) is 0 Å². The predicted octanol–water partition coefficient (Wildman–Crippen LogP) is 3.20. The third-order valence-electron chi connectivity index (χ3n) is 7.68. The number of nitrogens with zero attached hydrogens (tertiary/aromatic N) is 4. The lowest BCUT2D eigenvalue weighted by molar-refractivity contribution is -0.125. The summed E-state index contributed by atoms with van der Waals surface area (Å²) in [7, 11) is 0. The zero-order valence-electron chi connectivity index (χ0n) is 20.5. The molecule has 1 aromatic heterocycles. The molecule has 0 saturated carbocycles. The highest BCUT2D eigenvalue weighted by Crippen LogP contribution is 2.42. The van der Waals surface area contributed by atoms with Gasteiger partial charge in [-0.15, -0.1) is 0 Å². The number of likely N-dealkylation sites (tertiary alicyclic amines) is 2. The summed E-state index contributed by atoms with van der Waals surface area (Å²) in [5, 5.41) is 8.31. The van der Waals surface area contributed by atoms with Crippen LogP contribution in [0.15, 0.2) is 67.3 Å². The van der Waals surface area contributed by atoms with Gasteiger partial charge >= 0.3 is 0 Å². The first-order valence-electron chi connectivity index (χ1n) is 12.7. The van der Waals surface area contributed by atoms with Gasteiger partial charge in [0.25, 0.3) is 5.91 Å². The molecule has 3 aromatic rings. The lowest BCUT2D eigenvalue weighted by Crippen LogP contribution is -2.36. The number of nitrogens with two attached hydrogens (primary N) is 1. The Hall–Kier alpha value is -4.11. The van der Waals surface area contributed by atoms with E-state index in [-0.39, 0.29) is 11.9 Å². The van der Waals surface area contributed by atoms with E-state index in [1.165, 1.54) is 6.08 Å². The Morgan fingerprint density at radius 1 is 1.00 bits per heavy atom. The zero-order valence-corrected chi connectivity index (χ0v) is 20.5. The van der Waals surface area contributed by atoms with E-state index in [4.69, 9.17) is 15.6 Å². The molecule has 3 aliphatic rings. The number of nitrogens with one attached hydrogen (secondary N) is 1. The van der Waals surface area contributed by atoms with E-state index in [1.54, 1.807) is 4.68 Å². The van der Waals surface area contributed by atoms with Gasteiger partial charge in [0, 0.05) is 32.7 Å². The molecule has 2 aromatic carbocycles. The average molecular weight is 499 g/mol. The van der Waals surface area contributed by atoms with Gasteiger partial charge in [0.1, 0.15) is 17.2 Å². The summed E-state index contributed by atoms with van der Waals surface area (Å²) in [5.74, 6) is 1.81. The Morgan fingerprint density at radius 3 is 2.32 bits per heavy atom. The molecule has 3 aliphatic heterocycles. The molecule has 190 valence electrons. The predicted molar refractivity (Wildman–Crippen MR) is 140 cm³/mol. The fourth-order valence-corrected chi connectivity index (χ4v) is 5.96. The van der Waals surface area contributed by atoms with E-state index in [9.17, 15) is 9.59 Å². The molecule has 0 aliphatic carbocycles. The van der Waals surface area contributed by atoms with Crippen LogP contribution in [0.3, 0.4) is 0 Å². The summed E-state index contributed by atoms with van der Waals surface area (Å²) in [6, 6.07) is 17.1. The van der Waals surface area contributed by atoms with E-state index in [0.717, 1.165) is 56.3 Å². The Labute approximate surface area is 215 Å². The summed E-state index contributed by atoms with van der Waals surface area (Å²) >= 11 is 0. The van der Waals surface area contributed by atoms with Crippen molar-refractivity contribution in [2.24, 2.45) is 17.6 Å². The minimum Gasteiger partial charge on any atom is -0.457 e. The second-order valence-electron chi connectivity index (χ2n) is 9.95. The molecule has 2 fully saturated rings. The van der Waals surface area contributed by atoms with Crippen LogP contribution in [0, 0.1) is 11.8 Å². The first-order chi connectivity index (χ1) is 18.0. The van der Waals surface area contributed by atoms with E-state index in [0.29, 0.717) is 29.0 Å². The maximum absolute atomic E-state index is 12.6. The Kier molecular flexibility index (Phi) is 5.92. The lowest BCUT2D eigenvalue weighted by atomic mass is 10.0. The van der Waals surface area contributed by atoms with Crippen LogP contribution in [-0.4, -0.2) is 64.1 Å². The van der Waals surface area contributed by atoms with Crippen LogP contribution in [-0.2, 0) is 4.79 Å². The first kappa shape index (κ1) is 23.3. The number of carbonyl (C=O) groups excluding carboxylic acids is 2. The normalized spacial score (nSPS) is 22.7. The number of anilines is 1. The van der Waals surface area contributed by atoms with Crippen molar-refractivity contribution in [1.82, 2.24) is 19.6 Å². The number of primary amides is 1. The van der Waals surface area contributed by atoms with Crippen molar-refractivity contribution < 1.29 is 14.3 Å². The molecule has 2 saturated heterocycles. The SMILES string of the molecule is C=CC(=O)N1C[C@@H]2CN(C3CCNc4c3nn(-c3ccc(Oc5ccccc5)cc3)c4C(N)=O)C[C@@H]2C1. The van der Waals surface area contributed by atoms with Crippen LogP contribution in [0.5, 0.6) is 11.5 Å². The third-order valence-corrected chi connectivity index (χ3v) is 7.68. The molecule has 0 bridgehead atoms. The molecular formula is C28H30N6O3. The number of aromatic nitrogens is 2. The number of carbonyl (C=O) groups is 2. The maximum atomic E-state index is 12.6. The topological polar surface area (TPSA) is 106 Å². The minimum atomic E-state index is -0.525. The van der Waals surface area contributed by atoms with E-state index < -0.39 is 5.91 Å². The summed E-state index contributed by atoms with van der Waals surface area (Å²) in [6.07, 6.45) is 2.29. The summed E-state index contributed by atoms with van der Waals surface area (Å²) < 4.78 is 7.55. The second kappa shape index (κ2) is 9.40. The van der Waals surface area contributed by atoms with Gasteiger partial charge in [0.05, 0.1) is 17.4 Å². The van der Waals surface area contributed by atoms with Crippen LogP contribution in [0.25, 0.3) is 5.69 Å². The number of hydrogen-bond donors (Lipinski definition) is 2. The Balaban J connectivity index is 1.25. The van der Waals surface area contributed by atoms with Crippen molar-refractivity contribution in [3.63, 3.8) is 0 Å². The number of fused-ring (bicyclic) bond motifs is 2. The molecular weight excluding hydrogens is 468 g/mol. The van der Waals surface area contributed by atoms with Gasteiger partial charge < -0.3 is 20.7 Å². The lowest BCUT2D eigenvalue weighted by Gasteiger charge is -2.32. The van der Waals surface area contributed by atoms with Gasteiger partial charge in [-0.3, -0.25) is 14.5 Å². The zero-order chi connectivity index (χ0) is 25.5. The monoisotopic (exact) mass is 498 g/mol. The smallest absolute Gasteiger partial charge is 0.269 e. The van der Waals surface area contributed by atoms with Gasteiger partial charge in [-0.2, -0.15) is 5.10 Å². The number of rotatable bonds is 6. The third kappa shape index (κ3) is 4.25. The van der Waals surface area contributed by atoms with Crippen LogP contribution in [0.1, 0.15) is 28.6 Å². The average Bonchev–Trinajstić information content (AvgIpc) is 3.61. The summed E-state index contributed by atoms with van der Waals surface area (Å²) in [6.45, 7) is 7.70. The van der Waals surface area contributed by atoms with Gasteiger partial charge in [-0.05, 0) is 60.7 Å². The van der Waals surface area contributed by atoms with E-state index in [2.05, 4.69) is 16.8 Å². The molecule has 0 spiro atoms. The highest BCUT2D eigenvalue weighted by Gasteiger charge is 2.45. The standard InChI is InChI=1S/C28H30N6O3/c1-2-24(35)33-16-18-14-32(15-19(18)17-33)23-12-13-30-26-25(23)31-34(27(26)28(29)36)20-8-10-22(11-9-20)37-21-6-4-3-5-7-21/h2-11,18-19,23,30H,1,12-17H2,(H2,29,36)/t18-,19+,23?.